The molecule has 314 valence electrons. The number of aliphatic carboxylic acids is 1. The number of hydrogen-bond donors (Lipinski definition) is 16. The Morgan fingerprint density at radius 3 is 1.67 bits per heavy atom. The zero-order chi connectivity index (χ0) is 39.9. The highest BCUT2D eigenvalue weighted by Crippen LogP contribution is 2.35. The molecule has 5 rings (SSSR count). The zero-order valence-electron chi connectivity index (χ0n) is 28.7. The Morgan fingerprint density at radius 2 is 1.09 bits per heavy atom. The maximum Gasteiger partial charge on any atom is 0.335 e. The van der Waals surface area contributed by atoms with Gasteiger partial charge in [0.1, 0.15) is 85.5 Å². The summed E-state index contributed by atoms with van der Waals surface area (Å²) in [5, 5.41) is 114. The van der Waals surface area contributed by atoms with E-state index >= 15 is 0 Å². The molecule has 0 amide bonds. The van der Waals surface area contributed by atoms with Crippen molar-refractivity contribution in [2.75, 3.05) is 19.8 Å². The van der Waals surface area contributed by atoms with Crippen LogP contribution in [-0.4, -0.2) is 229 Å². The van der Waals surface area contributed by atoms with Crippen molar-refractivity contribution in [1.29, 1.82) is 0 Å². The minimum absolute atomic E-state index is 0.0342. The number of rotatable bonds is 12. The lowest BCUT2D eigenvalue weighted by Gasteiger charge is -2.47. The number of carbonyl (C=O) groups is 1. The predicted molar refractivity (Wildman–Crippen MR) is 170 cm³/mol. The van der Waals surface area contributed by atoms with E-state index in [4.69, 9.17) is 66.6 Å². The summed E-state index contributed by atoms with van der Waals surface area (Å²) in [5.41, 5.74) is 30.3. The number of aliphatic hydroxyl groups excluding tert-OH is 10. The average molecular weight is 792 g/mol. The van der Waals surface area contributed by atoms with Gasteiger partial charge in [-0.25, -0.2) is 4.79 Å². The predicted octanol–water partition coefficient (Wildman–Crippen LogP) is -10.9. The summed E-state index contributed by atoms with van der Waals surface area (Å²) in [6, 6.07) is -4.82. The summed E-state index contributed by atoms with van der Waals surface area (Å²) in [4.78, 5) is 11.6. The van der Waals surface area contributed by atoms with Crippen LogP contribution in [0.1, 0.15) is 6.42 Å². The Bertz CT molecular complexity index is 1230. The maximum atomic E-state index is 11.6. The molecule has 25 nitrogen and oxygen atoms in total. The summed E-state index contributed by atoms with van der Waals surface area (Å²) in [5.74, 6) is -1.68. The van der Waals surface area contributed by atoms with Gasteiger partial charge < -0.3 is 123 Å². The molecule has 5 aliphatic rings. The number of aliphatic hydroxyl groups is 10. The molecule has 4 heterocycles. The average Bonchev–Trinajstić information content (AvgIpc) is 3.43. The van der Waals surface area contributed by atoms with Gasteiger partial charge in [-0.1, -0.05) is 0 Å². The molecule has 5 fully saturated rings. The summed E-state index contributed by atoms with van der Waals surface area (Å²) in [6.07, 6.45) is -32.9. The van der Waals surface area contributed by atoms with Gasteiger partial charge in [0.05, 0.1) is 31.4 Å². The monoisotopic (exact) mass is 791 g/mol. The highest BCUT2D eigenvalue weighted by atomic mass is 16.8. The first-order chi connectivity index (χ1) is 25.4. The standard InChI is InChI=1S/C29H53N5O20/c30-2-7-13(37)15(39)10(33)26(48-7)52-22-9(4-47-28-19(43)17(41)18(42)24(54-28)25(45)46)50-29(20(22)44)53-23-12(36)5(31)1-6(32)21(23)51-27-11(34)16(40)14(38)8(3-35)49-27/h5-24,26-29,35-44H,1-4,30-34H2,(H,45,46)/t5-,6+,7+,8-,9-,10-,11-,12+,13-,14-,15-,16-,17?,18?,19?,20-,21-,22-,23-,24?,26-,27-,28?,29+/m1/s1. The number of hydrogen-bond acceptors (Lipinski definition) is 24. The van der Waals surface area contributed by atoms with E-state index in [1.54, 1.807) is 0 Å². The summed E-state index contributed by atoms with van der Waals surface area (Å²) in [6.45, 7) is -1.73. The maximum absolute atomic E-state index is 11.6. The smallest absolute Gasteiger partial charge is 0.335 e. The van der Waals surface area contributed by atoms with E-state index < -0.39 is 166 Å². The Balaban J connectivity index is 1.38. The molecule has 0 spiro atoms. The first-order valence-electron chi connectivity index (χ1n) is 17.3. The van der Waals surface area contributed by atoms with Crippen LogP contribution in [0.15, 0.2) is 0 Å². The molecule has 4 saturated heterocycles. The fraction of sp³-hybridized carbons (Fsp3) is 0.966. The van der Waals surface area contributed by atoms with Crippen molar-refractivity contribution in [1.82, 2.24) is 0 Å². The van der Waals surface area contributed by atoms with E-state index in [0.717, 1.165) is 0 Å². The van der Waals surface area contributed by atoms with Gasteiger partial charge in [0.15, 0.2) is 31.3 Å². The second kappa shape index (κ2) is 18.0. The highest BCUT2D eigenvalue weighted by Gasteiger charge is 2.55. The molecule has 4 aliphatic heterocycles. The van der Waals surface area contributed by atoms with E-state index in [1.165, 1.54) is 0 Å². The minimum Gasteiger partial charge on any atom is -0.479 e. The molecule has 21 N–H and O–H groups in total. The van der Waals surface area contributed by atoms with E-state index in [-0.39, 0.29) is 13.0 Å². The lowest BCUT2D eigenvalue weighted by molar-refractivity contribution is -0.314. The molecule has 5 unspecified atom stereocenters. The molecule has 0 bridgehead atoms. The van der Waals surface area contributed by atoms with Crippen molar-refractivity contribution >= 4 is 5.97 Å². The van der Waals surface area contributed by atoms with Crippen molar-refractivity contribution in [3.05, 3.63) is 0 Å². The van der Waals surface area contributed by atoms with Crippen LogP contribution in [0.3, 0.4) is 0 Å². The lowest BCUT2D eigenvalue weighted by Crippen LogP contribution is -2.68. The van der Waals surface area contributed by atoms with Gasteiger partial charge in [-0.05, 0) is 6.42 Å². The van der Waals surface area contributed by atoms with Crippen LogP contribution in [0.25, 0.3) is 0 Å². The van der Waals surface area contributed by atoms with Gasteiger partial charge in [-0.3, -0.25) is 0 Å². The van der Waals surface area contributed by atoms with Crippen LogP contribution in [0.5, 0.6) is 0 Å². The van der Waals surface area contributed by atoms with Crippen LogP contribution in [0, 0.1) is 0 Å². The van der Waals surface area contributed by atoms with Crippen LogP contribution in [0.4, 0.5) is 0 Å². The number of ether oxygens (including phenoxy) is 8. The Morgan fingerprint density at radius 1 is 0.556 bits per heavy atom. The topological polar surface area (TPSA) is 444 Å². The van der Waals surface area contributed by atoms with Gasteiger partial charge in [-0.2, -0.15) is 0 Å². The molecule has 0 radical (unpaired) electrons. The summed E-state index contributed by atoms with van der Waals surface area (Å²) >= 11 is 0. The normalized spacial score (nSPS) is 53.0. The molecule has 0 aromatic heterocycles. The van der Waals surface area contributed by atoms with Crippen molar-refractivity contribution in [2.45, 2.75) is 153 Å². The number of carboxylic acids is 1. The van der Waals surface area contributed by atoms with E-state index in [0.29, 0.717) is 0 Å². The third-order valence-corrected chi connectivity index (χ3v) is 10.4. The molecule has 1 saturated carbocycles. The highest BCUT2D eigenvalue weighted by molar-refractivity contribution is 5.73. The molecular formula is C29H53N5O20. The van der Waals surface area contributed by atoms with E-state index in [9.17, 15) is 61.0 Å². The van der Waals surface area contributed by atoms with Crippen LogP contribution < -0.4 is 28.7 Å². The number of carboxylic acid groups (broad SMARTS) is 1. The van der Waals surface area contributed by atoms with Crippen molar-refractivity contribution < 1.29 is 98.9 Å². The zero-order valence-corrected chi connectivity index (χ0v) is 28.7. The molecule has 1 aliphatic carbocycles. The van der Waals surface area contributed by atoms with Crippen LogP contribution in [-0.2, 0) is 42.7 Å². The molecule has 25 heteroatoms. The molecule has 24 atom stereocenters. The number of nitrogens with two attached hydrogens (primary N) is 5. The largest absolute Gasteiger partial charge is 0.479 e. The quantitative estimate of drug-likeness (QED) is 0.0872. The van der Waals surface area contributed by atoms with Gasteiger partial charge in [0, 0.05) is 18.6 Å². The summed E-state index contributed by atoms with van der Waals surface area (Å²) < 4.78 is 45.8. The fourth-order valence-electron chi connectivity index (χ4n) is 7.07. The van der Waals surface area contributed by atoms with E-state index in [2.05, 4.69) is 0 Å². The van der Waals surface area contributed by atoms with Crippen LogP contribution >= 0.6 is 0 Å². The second-order valence-corrected chi connectivity index (χ2v) is 14.1. The SMILES string of the molecule is NC[C@@H]1O[C@H](O[C@H]2[C@@H](O)[C@H](O[C@@H]3[C@@H](O)[C@H](N)C[C@H](N)[C@H]3O[C@H]3O[C@H](CO)[C@@H](O)[C@H](O)[C@H]3N)O[C@@H]2COC2OC(C(=O)O)C(O)C(O)C2O)[C@H](N)[C@@H](O)[C@@H]1O. The van der Waals surface area contributed by atoms with Gasteiger partial charge >= 0.3 is 5.97 Å². The van der Waals surface area contributed by atoms with Crippen molar-refractivity contribution in [2.24, 2.45) is 28.7 Å². The Labute approximate surface area is 306 Å². The van der Waals surface area contributed by atoms with E-state index in [1.807, 2.05) is 0 Å². The second-order valence-electron chi connectivity index (χ2n) is 14.1. The summed E-state index contributed by atoms with van der Waals surface area (Å²) in [7, 11) is 0. The molecule has 0 aromatic rings. The fourth-order valence-corrected chi connectivity index (χ4v) is 7.07. The Hall–Kier alpha value is -1.45. The third-order valence-electron chi connectivity index (χ3n) is 10.4. The minimum atomic E-state index is -2.02. The lowest BCUT2D eigenvalue weighted by atomic mass is 9.84. The Kier molecular flexibility index (Phi) is 14.6. The van der Waals surface area contributed by atoms with Gasteiger partial charge in [0.2, 0.25) is 0 Å². The van der Waals surface area contributed by atoms with Gasteiger partial charge in [-0.15, -0.1) is 0 Å². The molecule has 54 heavy (non-hydrogen) atoms. The first kappa shape index (κ1) is 43.7. The van der Waals surface area contributed by atoms with Crippen molar-refractivity contribution in [3.63, 3.8) is 0 Å². The van der Waals surface area contributed by atoms with Crippen LogP contribution in [0.2, 0.25) is 0 Å². The van der Waals surface area contributed by atoms with Crippen molar-refractivity contribution in [3.8, 4) is 0 Å². The molecule has 0 aromatic carbocycles. The van der Waals surface area contributed by atoms with Gasteiger partial charge in [0.25, 0.3) is 0 Å². The first-order valence-corrected chi connectivity index (χ1v) is 17.3. The third kappa shape index (κ3) is 8.68. The molecular weight excluding hydrogens is 738 g/mol.